The second kappa shape index (κ2) is 8.43. The molecule has 1 aromatic carbocycles. The van der Waals surface area contributed by atoms with E-state index >= 15 is 0 Å². The van der Waals surface area contributed by atoms with Crippen LogP contribution in [0, 0.1) is 0 Å². The number of carbonyl (C=O) groups excluding carboxylic acids is 1. The molecule has 6 heteroatoms. The van der Waals surface area contributed by atoms with Gasteiger partial charge in [-0.1, -0.05) is 37.6 Å². The molecule has 0 radical (unpaired) electrons. The minimum atomic E-state index is -0.0477. The number of rotatable bonds is 6. The molecule has 0 aliphatic carbocycles. The third-order valence-electron chi connectivity index (χ3n) is 4.10. The molecular weight excluding hydrogens is 366 g/mol. The number of halogens is 1. The zero-order chi connectivity index (χ0) is 18.5. The van der Waals surface area contributed by atoms with Crippen LogP contribution in [0.1, 0.15) is 37.4 Å². The van der Waals surface area contributed by atoms with Crippen LogP contribution in [0.4, 0.5) is 5.82 Å². The lowest BCUT2D eigenvalue weighted by Crippen LogP contribution is -2.10. The fourth-order valence-corrected chi connectivity index (χ4v) is 3.93. The van der Waals surface area contributed by atoms with Gasteiger partial charge >= 0.3 is 0 Å². The summed E-state index contributed by atoms with van der Waals surface area (Å²) in [6.07, 6.45) is 3.00. The maximum atomic E-state index is 11.6. The Balaban J connectivity index is 1.84. The first kappa shape index (κ1) is 18.5. The number of benzene rings is 1. The van der Waals surface area contributed by atoms with Crippen molar-refractivity contribution in [3.63, 3.8) is 0 Å². The zero-order valence-corrected chi connectivity index (χ0v) is 16.3. The second-order valence-electron chi connectivity index (χ2n) is 6.13. The summed E-state index contributed by atoms with van der Waals surface area (Å²) in [6, 6.07) is 11.8. The average molecular weight is 386 g/mol. The molecule has 26 heavy (non-hydrogen) atoms. The number of anilines is 1. The molecule has 1 unspecified atom stereocenters. The second-order valence-corrected chi connectivity index (χ2v) is 7.42. The van der Waals surface area contributed by atoms with E-state index in [1.54, 1.807) is 17.5 Å². The van der Waals surface area contributed by atoms with Crippen molar-refractivity contribution in [2.75, 3.05) is 5.32 Å². The Kier molecular flexibility index (Phi) is 6.01. The van der Waals surface area contributed by atoms with E-state index < -0.39 is 0 Å². The summed E-state index contributed by atoms with van der Waals surface area (Å²) in [7, 11) is 0. The summed E-state index contributed by atoms with van der Waals surface area (Å²) in [5.74, 6) is 0.765. The number of thiazole rings is 1. The quantitative estimate of drug-likeness (QED) is 0.604. The Labute approximate surface area is 162 Å². The molecule has 1 N–H and O–H groups in total. The van der Waals surface area contributed by atoms with Crippen molar-refractivity contribution in [1.29, 1.82) is 0 Å². The summed E-state index contributed by atoms with van der Waals surface area (Å²) < 4.78 is 0. The molecule has 4 nitrogen and oxygen atoms in total. The predicted octanol–water partition coefficient (Wildman–Crippen LogP) is 5.55. The summed E-state index contributed by atoms with van der Waals surface area (Å²) in [5, 5.41) is 3.56. The lowest BCUT2D eigenvalue weighted by atomic mass is 9.96. The van der Waals surface area contributed by atoms with E-state index in [0.717, 1.165) is 27.6 Å². The van der Waals surface area contributed by atoms with Crippen LogP contribution in [0.2, 0.25) is 5.02 Å². The number of pyridine rings is 1. The molecule has 2 heterocycles. The summed E-state index contributed by atoms with van der Waals surface area (Å²) in [5.41, 5.74) is 5.12. The molecule has 134 valence electrons. The highest BCUT2D eigenvalue weighted by atomic mass is 35.5. The van der Waals surface area contributed by atoms with E-state index in [1.165, 1.54) is 5.56 Å². The third kappa shape index (κ3) is 4.48. The van der Waals surface area contributed by atoms with E-state index in [2.05, 4.69) is 28.3 Å². The van der Waals surface area contributed by atoms with Crippen molar-refractivity contribution in [1.82, 2.24) is 9.97 Å². The van der Waals surface area contributed by atoms with Crippen LogP contribution in [0.5, 0.6) is 0 Å². The Morgan fingerprint density at radius 3 is 2.88 bits per heavy atom. The zero-order valence-electron chi connectivity index (χ0n) is 14.7. The van der Waals surface area contributed by atoms with Gasteiger partial charge in [0.25, 0.3) is 0 Å². The number of nitrogens with one attached hydrogen (secondary N) is 1. The van der Waals surface area contributed by atoms with Crippen LogP contribution in [0.3, 0.4) is 0 Å². The Bertz CT molecular complexity index is 909. The molecule has 0 spiro atoms. The van der Waals surface area contributed by atoms with Crippen LogP contribution in [-0.2, 0) is 11.2 Å². The Morgan fingerprint density at radius 1 is 1.27 bits per heavy atom. The lowest BCUT2D eigenvalue weighted by molar-refractivity contribution is -0.115. The van der Waals surface area contributed by atoms with E-state index in [4.69, 9.17) is 11.6 Å². The number of nitrogens with zero attached hydrogens (tertiary/aromatic N) is 2. The van der Waals surface area contributed by atoms with Crippen molar-refractivity contribution < 1.29 is 4.79 Å². The van der Waals surface area contributed by atoms with Crippen molar-refractivity contribution in [2.24, 2.45) is 0 Å². The Hall–Kier alpha value is -2.24. The van der Waals surface area contributed by atoms with Crippen molar-refractivity contribution >= 4 is 34.7 Å². The highest BCUT2D eigenvalue weighted by molar-refractivity contribution is 7.13. The Morgan fingerprint density at radius 2 is 2.12 bits per heavy atom. The minimum absolute atomic E-state index is 0.0477. The standard InChI is InChI=1S/C20H20ClN3OS/c1-3-18(25)24-17-11-15(7-8-22-17)20-19(23-12-26-20)13(2)9-14-5-4-6-16(21)10-14/h4-8,10-13H,3,9H2,1-2H3,(H,22,24,25). The number of aromatic nitrogens is 2. The molecule has 1 atom stereocenters. The average Bonchev–Trinajstić information content (AvgIpc) is 3.12. The fraction of sp³-hybridized carbons (Fsp3) is 0.250. The fourth-order valence-electron chi connectivity index (χ4n) is 2.81. The molecule has 1 amide bonds. The van der Waals surface area contributed by atoms with Gasteiger partial charge < -0.3 is 5.32 Å². The van der Waals surface area contributed by atoms with Gasteiger partial charge in [0, 0.05) is 23.6 Å². The highest BCUT2D eigenvalue weighted by Gasteiger charge is 2.17. The molecule has 3 rings (SSSR count). The smallest absolute Gasteiger partial charge is 0.225 e. The normalized spacial score (nSPS) is 12.0. The van der Waals surface area contributed by atoms with Gasteiger partial charge in [0.15, 0.2) is 0 Å². The van der Waals surface area contributed by atoms with Gasteiger partial charge in [0.05, 0.1) is 16.1 Å². The third-order valence-corrected chi connectivity index (χ3v) is 5.23. The van der Waals surface area contributed by atoms with Gasteiger partial charge in [0.1, 0.15) is 5.82 Å². The molecule has 0 saturated heterocycles. The van der Waals surface area contributed by atoms with Crippen LogP contribution in [-0.4, -0.2) is 15.9 Å². The van der Waals surface area contributed by atoms with Crippen LogP contribution >= 0.6 is 22.9 Å². The molecule has 0 aliphatic rings. The highest BCUT2D eigenvalue weighted by Crippen LogP contribution is 2.34. The molecule has 3 aromatic rings. The van der Waals surface area contributed by atoms with Crippen molar-refractivity contribution in [2.45, 2.75) is 32.6 Å². The molecular formula is C20H20ClN3OS. The minimum Gasteiger partial charge on any atom is -0.311 e. The predicted molar refractivity (Wildman–Crippen MR) is 108 cm³/mol. The molecule has 0 saturated carbocycles. The van der Waals surface area contributed by atoms with E-state index in [9.17, 15) is 4.79 Å². The van der Waals surface area contributed by atoms with Gasteiger partial charge in [0.2, 0.25) is 5.91 Å². The largest absolute Gasteiger partial charge is 0.311 e. The van der Waals surface area contributed by atoms with E-state index in [-0.39, 0.29) is 11.8 Å². The van der Waals surface area contributed by atoms with Gasteiger partial charge in [-0.2, -0.15) is 0 Å². The van der Waals surface area contributed by atoms with Crippen molar-refractivity contribution in [3.05, 3.63) is 64.4 Å². The summed E-state index contributed by atoms with van der Waals surface area (Å²) in [6.45, 7) is 3.98. The van der Waals surface area contributed by atoms with E-state index in [0.29, 0.717) is 12.2 Å². The van der Waals surface area contributed by atoms with Gasteiger partial charge in [-0.05, 0) is 41.8 Å². The first-order valence-electron chi connectivity index (χ1n) is 8.51. The maximum absolute atomic E-state index is 11.6. The molecule has 2 aromatic heterocycles. The van der Waals surface area contributed by atoms with Crippen molar-refractivity contribution in [3.8, 4) is 10.4 Å². The maximum Gasteiger partial charge on any atom is 0.225 e. The van der Waals surface area contributed by atoms with Crippen LogP contribution in [0.25, 0.3) is 10.4 Å². The van der Waals surface area contributed by atoms with Crippen LogP contribution in [0.15, 0.2) is 48.1 Å². The van der Waals surface area contributed by atoms with Gasteiger partial charge in [-0.25, -0.2) is 9.97 Å². The molecule has 0 aliphatic heterocycles. The molecule has 0 fully saturated rings. The first-order chi connectivity index (χ1) is 12.6. The van der Waals surface area contributed by atoms with E-state index in [1.807, 2.05) is 42.8 Å². The number of hydrogen-bond acceptors (Lipinski definition) is 4. The first-order valence-corrected chi connectivity index (χ1v) is 9.76. The van der Waals surface area contributed by atoms with Gasteiger partial charge in [-0.3, -0.25) is 4.79 Å². The molecule has 0 bridgehead atoms. The van der Waals surface area contributed by atoms with Gasteiger partial charge in [-0.15, -0.1) is 11.3 Å². The summed E-state index contributed by atoms with van der Waals surface area (Å²) >= 11 is 7.70. The number of hydrogen-bond donors (Lipinski definition) is 1. The topological polar surface area (TPSA) is 54.9 Å². The monoisotopic (exact) mass is 385 g/mol. The SMILES string of the molecule is CCC(=O)Nc1cc(-c2scnc2C(C)Cc2cccc(Cl)c2)ccn1. The lowest BCUT2D eigenvalue weighted by Gasteiger charge is -2.12. The number of carbonyl (C=O) groups is 1. The summed E-state index contributed by atoms with van der Waals surface area (Å²) in [4.78, 5) is 21.5. The van der Waals surface area contributed by atoms with Crippen LogP contribution < -0.4 is 5.32 Å². The number of amides is 1.